The van der Waals surface area contributed by atoms with Crippen LogP contribution in [0.25, 0.3) is 5.69 Å². The highest BCUT2D eigenvalue weighted by Gasteiger charge is 2.35. The number of para-hydroxylation sites is 1. The molecule has 37 heavy (non-hydrogen) atoms. The van der Waals surface area contributed by atoms with Crippen molar-refractivity contribution in [3.8, 4) is 17.2 Å². The molecule has 198 valence electrons. The molecule has 0 bridgehead atoms. The Morgan fingerprint density at radius 2 is 1.81 bits per heavy atom. The topological polar surface area (TPSA) is 134 Å². The van der Waals surface area contributed by atoms with Gasteiger partial charge in [-0.3, -0.25) is 9.29 Å². The van der Waals surface area contributed by atoms with E-state index in [1.807, 2.05) is 0 Å². The van der Waals surface area contributed by atoms with Crippen LogP contribution in [0.3, 0.4) is 0 Å². The fourth-order valence-electron chi connectivity index (χ4n) is 4.68. The van der Waals surface area contributed by atoms with Crippen molar-refractivity contribution in [2.75, 3.05) is 43.5 Å². The molecule has 2 atom stereocenters. The standard InChI is InChI=1S/C23H28FN7O5S/c1-34-17-7-3-8-18(35-2)20(17)31-21(19-9-5-11-36-19)27-28-23(31)29-37(32,33)16-6-4-10-30(14-16)22-25-12-15(24)13-26-22/h3,7-8,12-13,16,19H,4-6,9-11,14H2,1-2H3,(H,28,29)/t16-,19+/m0/s1. The first-order valence-electron chi connectivity index (χ1n) is 11.9. The third kappa shape index (κ3) is 5.03. The molecule has 5 rings (SSSR count). The van der Waals surface area contributed by atoms with Crippen molar-refractivity contribution >= 4 is 21.9 Å². The SMILES string of the molecule is COc1cccc(OC)c1-n1c(NS(=O)(=O)[C@H]2CCCN(c3ncc(F)cn3)C2)nnc1[C@H]1CCCO1. The maximum atomic E-state index is 13.6. The number of nitrogens with zero attached hydrogens (tertiary/aromatic N) is 6. The van der Waals surface area contributed by atoms with E-state index in [4.69, 9.17) is 14.2 Å². The molecular weight excluding hydrogens is 505 g/mol. The van der Waals surface area contributed by atoms with Crippen LogP contribution in [-0.4, -0.2) is 72.3 Å². The second kappa shape index (κ2) is 10.5. The van der Waals surface area contributed by atoms with Crippen LogP contribution in [0.2, 0.25) is 0 Å². The lowest BCUT2D eigenvalue weighted by Crippen LogP contribution is -2.45. The van der Waals surface area contributed by atoms with Crippen LogP contribution in [0.15, 0.2) is 30.6 Å². The highest BCUT2D eigenvalue weighted by atomic mass is 32.2. The predicted octanol–water partition coefficient (Wildman–Crippen LogP) is 2.48. The molecule has 2 aliphatic heterocycles. The first kappa shape index (κ1) is 25.1. The summed E-state index contributed by atoms with van der Waals surface area (Å²) in [4.78, 5) is 9.73. The number of methoxy groups -OCH3 is 2. The third-order valence-corrected chi connectivity index (χ3v) is 8.20. The molecule has 1 N–H and O–H groups in total. The number of hydrogen-bond donors (Lipinski definition) is 1. The van der Waals surface area contributed by atoms with Crippen molar-refractivity contribution in [3.05, 3.63) is 42.2 Å². The van der Waals surface area contributed by atoms with Crippen LogP contribution in [-0.2, 0) is 14.8 Å². The van der Waals surface area contributed by atoms with E-state index in [1.54, 1.807) is 27.7 Å². The molecule has 2 fully saturated rings. The second-order valence-corrected chi connectivity index (χ2v) is 10.7. The molecule has 0 radical (unpaired) electrons. The number of piperidine rings is 1. The largest absolute Gasteiger partial charge is 0.494 e. The molecule has 2 aromatic heterocycles. The average molecular weight is 534 g/mol. The number of aromatic nitrogens is 5. The molecular formula is C23H28FN7O5S. The van der Waals surface area contributed by atoms with Gasteiger partial charge in [0, 0.05) is 19.7 Å². The Bertz CT molecular complexity index is 1320. The predicted molar refractivity (Wildman–Crippen MR) is 132 cm³/mol. The minimum absolute atomic E-state index is 0.00320. The highest BCUT2D eigenvalue weighted by Crippen LogP contribution is 2.39. The number of ether oxygens (including phenoxy) is 3. The Hall–Kier alpha value is -3.52. The summed E-state index contributed by atoms with van der Waals surface area (Å²) in [6, 6.07) is 5.27. The van der Waals surface area contributed by atoms with Gasteiger partial charge in [-0.1, -0.05) is 6.07 Å². The zero-order chi connectivity index (χ0) is 26.0. The van der Waals surface area contributed by atoms with Gasteiger partial charge in [-0.05, 0) is 37.8 Å². The van der Waals surface area contributed by atoms with Crippen LogP contribution in [0, 0.1) is 5.82 Å². The fraction of sp³-hybridized carbons (Fsp3) is 0.478. The van der Waals surface area contributed by atoms with E-state index < -0.39 is 21.1 Å². The lowest BCUT2D eigenvalue weighted by atomic mass is 10.1. The fourth-order valence-corrected chi connectivity index (χ4v) is 6.08. The molecule has 3 aromatic rings. The quantitative estimate of drug-likeness (QED) is 0.460. The van der Waals surface area contributed by atoms with E-state index in [0.29, 0.717) is 49.0 Å². The van der Waals surface area contributed by atoms with Gasteiger partial charge < -0.3 is 19.1 Å². The molecule has 12 nitrogen and oxygen atoms in total. The van der Waals surface area contributed by atoms with Crippen molar-refractivity contribution in [1.82, 2.24) is 24.7 Å². The summed E-state index contributed by atoms with van der Waals surface area (Å²) < 4.78 is 61.7. The number of sulfonamides is 1. The van der Waals surface area contributed by atoms with Crippen LogP contribution in [0.4, 0.5) is 16.3 Å². The molecule has 0 spiro atoms. The van der Waals surface area contributed by atoms with Gasteiger partial charge in [-0.25, -0.2) is 22.8 Å². The third-order valence-electron chi connectivity index (χ3n) is 6.47. The Morgan fingerprint density at radius 3 is 2.46 bits per heavy atom. The van der Waals surface area contributed by atoms with E-state index >= 15 is 0 Å². The minimum atomic E-state index is -3.93. The van der Waals surface area contributed by atoms with Gasteiger partial charge in [0.15, 0.2) is 11.6 Å². The Labute approximate surface area is 213 Å². The molecule has 4 heterocycles. The summed E-state index contributed by atoms with van der Waals surface area (Å²) in [5, 5.41) is 7.73. The molecule has 1 aromatic carbocycles. The van der Waals surface area contributed by atoms with Gasteiger partial charge in [0.25, 0.3) is 0 Å². The average Bonchev–Trinajstić information content (AvgIpc) is 3.58. The molecule has 0 unspecified atom stereocenters. The molecule has 0 saturated carbocycles. The van der Waals surface area contributed by atoms with E-state index in [1.165, 1.54) is 14.2 Å². The summed E-state index contributed by atoms with van der Waals surface area (Å²) in [7, 11) is -0.892. The van der Waals surface area contributed by atoms with Crippen molar-refractivity contribution in [1.29, 1.82) is 0 Å². The maximum absolute atomic E-state index is 13.6. The number of halogens is 1. The monoisotopic (exact) mass is 533 g/mol. The summed E-state index contributed by atoms with van der Waals surface area (Å²) in [5.74, 6) is 1.09. The summed E-state index contributed by atoms with van der Waals surface area (Å²) >= 11 is 0. The summed E-state index contributed by atoms with van der Waals surface area (Å²) in [6.45, 7) is 1.28. The van der Waals surface area contributed by atoms with Gasteiger partial charge in [0.1, 0.15) is 23.3 Å². The number of benzene rings is 1. The van der Waals surface area contributed by atoms with E-state index in [9.17, 15) is 12.8 Å². The van der Waals surface area contributed by atoms with Gasteiger partial charge >= 0.3 is 0 Å². The van der Waals surface area contributed by atoms with Crippen molar-refractivity contribution in [2.45, 2.75) is 37.0 Å². The lowest BCUT2D eigenvalue weighted by Gasteiger charge is -2.32. The van der Waals surface area contributed by atoms with Crippen molar-refractivity contribution in [3.63, 3.8) is 0 Å². The first-order valence-corrected chi connectivity index (χ1v) is 13.5. The number of nitrogens with one attached hydrogen (secondary N) is 1. The number of rotatable bonds is 8. The normalized spacial score (nSPS) is 20.1. The van der Waals surface area contributed by atoms with Gasteiger partial charge in [-0.2, -0.15) is 0 Å². The van der Waals surface area contributed by atoms with E-state index in [-0.39, 0.29) is 24.5 Å². The van der Waals surface area contributed by atoms with Crippen molar-refractivity contribution in [2.24, 2.45) is 0 Å². The molecule has 2 aliphatic rings. The lowest BCUT2D eigenvalue weighted by molar-refractivity contribution is 0.103. The summed E-state index contributed by atoms with van der Waals surface area (Å²) in [5.41, 5.74) is 0.464. The highest BCUT2D eigenvalue weighted by molar-refractivity contribution is 7.93. The van der Waals surface area contributed by atoms with Crippen molar-refractivity contribution < 1.29 is 27.0 Å². The molecule has 2 saturated heterocycles. The minimum Gasteiger partial charge on any atom is -0.494 e. The summed E-state index contributed by atoms with van der Waals surface area (Å²) in [6.07, 6.45) is 4.37. The van der Waals surface area contributed by atoms with Gasteiger partial charge in [-0.15, -0.1) is 10.2 Å². The van der Waals surface area contributed by atoms with Gasteiger partial charge in [0.05, 0.1) is 31.9 Å². The van der Waals surface area contributed by atoms with Gasteiger partial charge in [0.2, 0.25) is 21.9 Å². The maximum Gasteiger partial charge on any atom is 0.243 e. The van der Waals surface area contributed by atoms with Crippen LogP contribution < -0.4 is 19.1 Å². The smallest absolute Gasteiger partial charge is 0.243 e. The second-order valence-electron chi connectivity index (χ2n) is 8.79. The van der Waals surface area contributed by atoms with Crippen LogP contribution >= 0.6 is 0 Å². The first-order chi connectivity index (χ1) is 17.9. The Morgan fingerprint density at radius 1 is 1.08 bits per heavy atom. The van der Waals surface area contributed by atoms with Crippen LogP contribution in [0.5, 0.6) is 11.5 Å². The molecule has 0 aliphatic carbocycles. The zero-order valence-corrected chi connectivity index (χ0v) is 21.3. The Balaban J connectivity index is 1.50. The van der Waals surface area contributed by atoms with Crippen LogP contribution in [0.1, 0.15) is 37.6 Å². The number of hydrogen-bond acceptors (Lipinski definition) is 10. The van der Waals surface area contributed by atoms with E-state index in [0.717, 1.165) is 25.2 Å². The Kier molecular flexibility index (Phi) is 7.11. The molecule has 0 amide bonds. The number of anilines is 2. The molecule has 14 heteroatoms. The zero-order valence-electron chi connectivity index (χ0n) is 20.5. The van der Waals surface area contributed by atoms with E-state index in [2.05, 4.69) is 24.9 Å².